The molecule has 0 radical (unpaired) electrons. The van der Waals surface area contributed by atoms with E-state index in [4.69, 9.17) is 0 Å². The van der Waals surface area contributed by atoms with E-state index in [-0.39, 0.29) is 0 Å². The van der Waals surface area contributed by atoms with Gasteiger partial charge in [0.05, 0.1) is 0 Å². The maximum atomic E-state index is 2.55. The monoisotopic (exact) mass is 238 g/mol. The van der Waals surface area contributed by atoms with Crippen molar-refractivity contribution in [2.45, 2.75) is 27.2 Å². The van der Waals surface area contributed by atoms with Crippen LogP contribution in [0.1, 0.15) is 12.8 Å². The molecule has 1 aliphatic heterocycles. The standard InChI is InChI=1S/C4H9S.2CH3.Sn/c1-2-3-4-5;;;/h5H,1-4H2;2*1H3;/q;;;+1/p-1. The summed E-state index contributed by atoms with van der Waals surface area (Å²) < 4.78 is 1.62. The third-order valence-electron chi connectivity index (χ3n) is 1.67. The van der Waals surface area contributed by atoms with Gasteiger partial charge in [-0.3, -0.25) is 0 Å². The predicted molar refractivity (Wildman–Crippen MR) is 44.0 cm³/mol. The first-order valence-electron chi connectivity index (χ1n) is 3.35. The van der Waals surface area contributed by atoms with Crippen molar-refractivity contribution in [1.82, 2.24) is 0 Å². The molecule has 0 unspecified atom stereocenters. The molecule has 0 bridgehead atoms. The molecule has 0 spiro atoms. The van der Waals surface area contributed by atoms with E-state index in [1.54, 1.807) is 4.44 Å². The first-order chi connectivity index (χ1) is 3.71. The quantitative estimate of drug-likeness (QED) is 0.583. The van der Waals surface area contributed by atoms with E-state index in [2.05, 4.69) is 18.8 Å². The van der Waals surface area contributed by atoms with Crippen molar-refractivity contribution in [2.75, 3.05) is 5.75 Å². The third-order valence-corrected chi connectivity index (χ3v) is 17.2. The summed E-state index contributed by atoms with van der Waals surface area (Å²) in [5.41, 5.74) is 0. The molecular formula is C6H14SSn. The van der Waals surface area contributed by atoms with Gasteiger partial charge in [-0.25, -0.2) is 0 Å². The van der Waals surface area contributed by atoms with Crippen LogP contribution in [0.15, 0.2) is 0 Å². The van der Waals surface area contributed by atoms with Crippen molar-refractivity contribution in [2.24, 2.45) is 0 Å². The molecule has 0 N–H and O–H groups in total. The molecule has 1 rings (SSSR count). The van der Waals surface area contributed by atoms with E-state index < -0.39 is 17.0 Å². The third kappa shape index (κ3) is 2.17. The van der Waals surface area contributed by atoms with Crippen LogP contribution < -0.4 is 0 Å². The first-order valence-corrected chi connectivity index (χ1v) is 15.6. The van der Waals surface area contributed by atoms with Crippen LogP contribution in [0.2, 0.25) is 14.3 Å². The summed E-state index contributed by atoms with van der Waals surface area (Å²) in [7, 11) is 2.33. The Labute approximate surface area is 58.8 Å². The number of rotatable bonds is 0. The fourth-order valence-corrected chi connectivity index (χ4v) is 13.4. The Morgan fingerprint density at radius 1 is 1.25 bits per heavy atom. The summed E-state index contributed by atoms with van der Waals surface area (Å²) >= 11 is -1.32. The topological polar surface area (TPSA) is 0 Å². The average Bonchev–Trinajstić information content (AvgIpc) is 1.65. The molecule has 1 aliphatic rings. The summed E-state index contributed by atoms with van der Waals surface area (Å²) in [6.07, 6.45) is 3.03. The van der Waals surface area contributed by atoms with E-state index in [1.165, 1.54) is 18.6 Å². The molecule has 1 fully saturated rings. The van der Waals surface area contributed by atoms with Gasteiger partial charge in [-0.15, -0.1) is 0 Å². The van der Waals surface area contributed by atoms with Crippen LogP contribution >= 0.6 is 8.95 Å². The summed E-state index contributed by atoms with van der Waals surface area (Å²) in [4.78, 5) is 5.11. The average molecular weight is 237 g/mol. The van der Waals surface area contributed by atoms with Crippen molar-refractivity contribution in [3.05, 3.63) is 0 Å². The molecule has 0 aliphatic carbocycles. The number of hydrogen-bond donors (Lipinski definition) is 0. The van der Waals surface area contributed by atoms with Crippen LogP contribution in [0.5, 0.6) is 0 Å². The van der Waals surface area contributed by atoms with E-state index >= 15 is 0 Å². The van der Waals surface area contributed by atoms with Crippen LogP contribution in [-0.4, -0.2) is 22.7 Å². The second-order valence-corrected chi connectivity index (χ2v) is 25.1. The Bertz CT molecular complexity index is 72.6. The maximum absolute atomic E-state index is 2.55. The molecule has 0 aromatic heterocycles. The van der Waals surface area contributed by atoms with Gasteiger partial charge in [0.25, 0.3) is 0 Å². The Morgan fingerprint density at radius 2 is 2.00 bits per heavy atom. The molecule has 1 heterocycles. The molecule has 0 amide bonds. The van der Waals surface area contributed by atoms with Crippen LogP contribution in [0.3, 0.4) is 0 Å². The minimum absolute atomic E-state index is 1.32. The van der Waals surface area contributed by atoms with Crippen LogP contribution in [-0.2, 0) is 0 Å². The van der Waals surface area contributed by atoms with Gasteiger partial charge >= 0.3 is 58.9 Å². The summed E-state index contributed by atoms with van der Waals surface area (Å²) in [6, 6.07) is 0. The summed E-state index contributed by atoms with van der Waals surface area (Å²) in [6.45, 7) is 0. The Balaban J connectivity index is 2.33. The van der Waals surface area contributed by atoms with Crippen molar-refractivity contribution in [3.8, 4) is 0 Å². The van der Waals surface area contributed by atoms with Crippen molar-refractivity contribution in [3.63, 3.8) is 0 Å². The van der Waals surface area contributed by atoms with Gasteiger partial charge in [-0.05, 0) is 0 Å². The zero-order valence-electron chi connectivity index (χ0n) is 5.74. The molecule has 2 heteroatoms. The van der Waals surface area contributed by atoms with E-state index in [0.29, 0.717) is 0 Å². The molecule has 1 saturated heterocycles. The van der Waals surface area contributed by atoms with Gasteiger partial charge in [-0.2, -0.15) is 0 Å². The molecule has 48 valence electrons. The first kappa shape index (κ1) is 7.26. The van der Waals surface area contributed by atoms with Gasteiger partial charge in [-0.1, -0.05) is 0 Å². The summed E-state index contributed by atoms with van der Waals surface area (Å²) in [5.74, 6) is 1.48. The molecule has 8 heavy (non-hydrogen) atoms. The van der Waals surface area contributed by atoms with Crippen LogP contribution in [0, 0.1) is 0 Å². The molecular weight excluding hydrogens is 223 g/mol. The molecule has 0 saturated carbocycles. The van der Waals surface area contributed by atoms with Gasteiger partial charge in [0.15, 0.2) is 0 Å². The Morgan fingerprint density at radius 3 is 2.25 bits per heavy atom. The van der Waals surface area contributed by atoms with Crippen molar-refractivity contribution in [1.29, 1.82) is 0 Å². The number of hydrogen-bond acceptors (Lipinski definition) is 1. The second kappa shape index (κ2) is 2.82. The van der Waals surface area contributed by atoms with Gasteiger partial charge in [0.1, 0.15) is 0 Å². The molecule has 0 atom stereocenters. The zero-order valence-corrected chi connectivity index (χ0v) is 9.41. The van der Waals surface area contributed by atoms with Crippen molar-refractivity contribution < 1.29 is 0 Å². The van der Waals surface area contributed by atoms with Gasteiger partial charge < -0.3 is 0 Å². The SMILES string of the molecule is [CH3][Sn]1([CH3])[CH2]CCC[S]1. The zero-order chi connectivity index (χ0) is 6.04. The molecule has 0 nitrogen and oxygen atoms in total. The normalized spacial score (nSPS) is 27.8. The van der Waals surface area contributed by atoms with E-state index in [1.807, 2.05) is 0 Å². The molecule has 0 aromatic rings. The van der Waals surface area contributed by atoms with Gasteiger partial charge in [0.2, 0.25) is 0 Å². The molecule has 0 aromatic carbocycles. The fraction of sp³-hybridized carbons (Fsp3) is 1.00. The van der Waals surface area contributed by atoms with Crippen LogP contribution in [0.4, 0.5) is 0 Å². The summed E-state index contributed by atoms with van der Waals surface area (Å²) in [5, 5.41) is 0. The van der Waals surface area contributed by atoms with E-state index in [0.717, 1.165) is 0 Å². The predicted octanol–water partition coefficient (Wildman–Crippen LogP) is 2.72. The Kier molecular flexibility index (Phi) is 2.56. The Hall–Kier alpha value is 1.15. The van der Waals surface area contributed by atoms with Gasteiger partial charge in [0, 0.05) is 0 Å². The van der Waals surface area contributed by atoms with E-state index in [9.17, 15) is 0 Å². The second-order valence-electron chi connectivity index (χ2n) is 3.07. The van der Waals surface area contributed by atoms with Crippen LogP contribution in [0.25, 0.3) is 0 Å². The van der Waals surface area contributed by atoms with Crippen molar-refractivity contribution >= 4 is 25.9 Å². The minimum atomic E-state index is -1.32. The fourth-order valence-electron chi connectivity index (χ4n) is 1.07.